The smallest absolute Gasteiger partial charge is 0.306 e. The number of Topliss-reactive ketones (excluding diaryl/α,β-unsaturated/α-hetero) is 1. The van der Waals surface area contributed by atoms with Crippen molar-refractivity contribution in [2.24, 2.45) is 11.7 Å². The number of hydrogen-bond acceptors (Lipinski definition) is 6. The molecule has 2 rings (SSSR count). The Labute approximate surface area is 141 Å². The predicted octanol–water partition coefficient (Wildman–Crippen LogP) is 1.31. The van der Waals surface area contributed by atoms with Crippen molar-refractivity contribution >= 4 is 23.5 Å². The second kappa shape index (κ2) is 8.42. The highest BCUT2D eigenvalue weighted by atomic mass is 16.5. The Morgan fingerprint density at radius 2 is 2.00 bits per heavy atom. The number of carbonyl (C=O) groups excluding carboxylic acids is 3. The van der Waals surface area contributed by atoms with Gasteiger partial charge < -0.3 is 15.4 Å². The van der Waals surface area contributed by atoms with E-state index >= 15 is 0 Å². The van der Waals surface area contributed by atoms with Crippen LogP contribution in [-0.4, -0.2) is 42.3 Å². The van der Waals surface area contributed by atoms with E-state index in [2.05, 4.69) is 9.88 Å². The molecule has 2 heterocycles. The van der Waals surface area contributed by atoms with Crippen molar-refractivity contribution in [1.29, 1.82) is 0 Å². The molecule has 0 unspecified atom stereocenters. The van der Waals surface area contributed by atoms with E-state index in [9.17, 15) is 14.4 Å². The van der Waals surface area contributed by atoms with Crippen LogP contribution in [0.15, 0.2) is 18.3 Å². The van der Waals surface area contributed by atoms with Crippen LogP contribution in [0.2, 0.25) is 0 Å². The number of piperidine rings is 1. The number of anilines is 1. The standard InChI is InChI=1S/C17H23N3O4/c1-12(21)14-3-4-16(19-10-14)20-8-6-13(7-9-20)2-5-17(23)24-11-15(18)22/h3-4,10,13H,2,5-9,11H2,1H3,(H2,18,22). The Hall–Kier alpha value is -2.44. The van der Waals surface area contributed by atoms with Crippen LogP contribution in [0.5, 0.6) is 0 Å². The largest absolute Gasteiger partial charge is 0.456 e. The van der Waals surface area contributed by atoms with Crippen LogP contribution in [0.1, 0.15) is 43.0 Å². The van der Waals surface area contributed by atoms with E-state index in [0.29, 0.717) is 17.9 Å². The van der Waals surface area contributed by atoms with Crippen LogP contribution in [0, 0.1) is 5.92 Å². The van der Waals surface area contributed by atoms with Crippen molar-refractivity contribution < 1.29 is 19.1 Å². The van der Waals surface area contributed by atoms with Crippen LogP contribution in [0.3, 0.4) is 0 Å². The minimum Gasteiger partial charge on any atom is -0.456 e. The Bertz CT molecular complexity index is 592. The molecule has 0 saturated carbocycles. The van der Waals surface area contributed by atoms with E-state index in [1.165, 1.54) is 6.92 Å². The van der Waals surface area contributed by atoms with Crippen molar-refractivity contribution in [3.05, 3.63) is 23.9 Å². The lowest BCUT2D eigenvalue weighted by Gasteiger charge is -2.32. The lowest BCUT2D eigenvalue weighted by atomic mass is 9.92. The molecule has 0 radical (unpaired) electrons. The number of amides is 1. The first-order valence-corrected chi connectivity index (χ1v) is 8.11. The first-order chi connectivity index (χ1) is 11.5. The van der Waals surface area contributed by atoms with Gasteiger partial charge in [0.05, 0.1) is 0 Å². The van der Waals surface area contributed by atoms with Crippen LogP contribution in [0.25, 0.3) is 0 Å². The molecular weight excluding hydrogens is 310 g/mol. The van der Waals surface area contributed by atoms with Gasteiger partial charge in [0, 0.05) is 31.3 Å². The number of nitrogens with zero attached hydrogens (tertiary/aromatic N) is 2. The molecule has 1 saturated heterocycles. The zero-order chi connectivity index (χ0) is 17.5. The van der Waals surface area contributed by atoms with Gasteiger partial charge in [-0.05, 0) is 44.2 Å². The van der Waals surface area contributed by atoms with Crippen LogP contribution in [-0.2, 0) is 14.3 Å². The maximum Gasteiger partial charge on any atom is 0.306 e. The number of rotatable bonds is 7. The SMILES string of the molecule is CC(=O)c1ccc(N2CCC(CCC(=O)OCC(N)=O)CC2)nc1. The summed E-state index contributed by atoms with van der Waals surface area (Å²) in [6.45, 7) is 2.91. The molecule has 1 aliphatic heterocycles. The summed E-state index contributed by atoms with van der Waals surface area (Å²) < 4.78 is 4.75. The molecule has 1 aliphatic rings. The van der Waals surface area contributed by atoms with E-state index in [1.807, 2.05) is 6.07 Å². The fourth-order valence-electron chi connectivity index (χ4n) is 2.78. The first kappa shape index (κ1) is 17.9. The van der Waals surface area contributed by atoms with E-state index in [0.717, 1.165) is 38.2 Å². The summed E-state index contributed by atoms with van der Waals surface area (Å²) in [6, 6.07) is 3.67. The quantitative estimate of drug-likeness (QED) is 0.596. The van der Waals surface area contributed by atoms with E-state index < -0.39 is 5.91 Å². The molecule has 130 valence electrons. The lowest BCUT2D eigenvalue weighted by molar-refractivity contribution is -0.148. The van der Waals surface area contributed by atoms with E-state index in [-0.39, 0.29) is 18.4 Å². The van der Waals surface area contributed by atoms with Gasteiger partial charge in [0.25, 0.3) is 5.91 Å². The molecule has 0 spiro atoms. The molecule has 0 aliphatic carbocycles. The highest BCUT2D eigenvalue weighted by molar-refractivity contribution is 5.93. The number of nitrogens with two attached hydrogens (primary N) is 1. The van der Waals surface area contributed by atoms with Crippen molar-refractivity contribution in [3.8, 4) is 0 Å². The summed E-state index contributed by atoms with van der Waals surface area (Å²) in [5.74, 6) is 0.326. The number of ether oxygens (including phenoxy) is 1. The number of aromatic nitrogens is 1. The van der Waals surface area contributed by atoms with Crippen LogP contribution < -0.4 is 10.6 Å². The van der Waals surface area contributed by atoms with Gasteiger partial charge in [0.2, 0.25) is 0 Å². The molecule has 1 aromatic heterocycles. The number of primary amides is 1. The molecular formula is C17H23N3O4. The minimum absolute atomic E-state index is 0.0102. The highest BCUT2D eigenvalue weighted by Crippen LogP contribution is 2.25. The van der Waals surface area contributed by atoms with Gasteiger partial charge in [-0.1, -0.05) is 0 Å². The van der Waals surface area contributed by atoms with Gasteiger partial charge in [-0.25, -0.2) is 4.98 Å². The van der Waals surface area contributed by atoms with E-state index in [4.69, 9.17) is 10.5 Å². The topological polar surface area (TPSA) is 103 Å². The molecule has 7 heteroatoms. The fraction of sp³-hybridized carbons (Fsp3) is 0.529. The third-order valence-corrected chi connectivity index (χ3v) is 4.23. The number of esters is 1. The van der Waals surface area contributed by atoms with Gasteiger partial charge >= 0.3 is 5.97 Å². The summed E-state index contributed by atoms with van der Waals surface area (Å²) in [6.07, 6.45) is 4.61. The fourth-order valence-corrected chi connectivity index (χ4v) is 2.78. The Morgan fingerprint density at radius 1 is 1.29 bits per heavy atom. The third-order valence-electron chi connectivity index (χ3n) is 4.23. The van der Waals surface area contributed by atoms with Crippen molar-refractivity contribution in [2.45, 2.75) is 32.6 Å². The molecule has 2 N–H and O–H groups in total. The molecule has 0 aromatic carbocycles. The van der Waals surface area contributed by atoms with Gasteiger partial charge in [-0.3, -0.25) is 14.4 Å². The van der Waals surface area contributed by atoms with Gasteiger partial charge in [0.1, 0.15) is 5.82 Å². The lowest BCUT2D eigenvalue weighted by Crippen LogP contribution is -2.34. The Morgan fingerprint density at radius 3 is 2.54 bits per heavy atom. The second-order valence-electron chi connectivity index (χ2n) is 6.06. The number of hydrogen-bond donors (Lipinski definition) is 1. The van der Waals surface area contributed by atoms with Gasteiger partial charge in [-0.2, -0.15) is 0 Å². The minimum atomic E-state index is -0.639. The average molecular weight is 333 g/mol. The molecule has 1 aromatic rings. The number of ketones is 1. The average Bonchev–Trinajstić information content (AvgIpc) is 2.58. The van der Waals surface area contributed by atoms with Crippen LogP contribution in [0.4, 0.5) is 5.82 Å². The second-order valence-corrected chi connectivity index (χ2v) is 6.06. The van der Waals surface area contributed by atoms with Crippen molar-refractivity contribution in [2.75, 3.05) is 24.6 Å². The monoisotopic (exact) mass is 333 g/mol. The Balaban J connectivity index is 1.74. The molecule has 1 fully saturated rings. The summed E-state index contributed by atoms with van der Waals surface area (Å²) >= 11 is 0. The summed E-state index contributed by atoms with van der Waals surface area (Å²) in [4.78, 5) is 39.8. The zero-order valence-electron chi connectivity index (χ0n) is 13.9. The maximum absolute atomic E-state index is 11.5. The molecule has 7 nitrogen and oxygen atoms in total. The number of carbonyl (C=O) groups is 3. The predicted molar refractivity (Wildman–Crippen MR) is 88.6 cm³/mol. The third kappa shape index (κ3) is 5.33. The zero-order valence-corrected chi connectivity index (χ0v) is 13.9. The molecule has 0 bridgehead atoms. The Kier molecular flexibility index (Phi) is 6.28. The summed E-state index contributed by atoms with van der Waals surface area (Å²) in [7, 11) is 0. The van der Waals surface area contributed by atoms with Gasteiger partial charge in [0.15, 0.2) is 12.4 Å². The molecule has 1 amide bonds. The normalized spacial score (nSPS) is 15.1. The first-order valence-electron chi connectivity index (χ1n) is 8.11. The summed E-state index contributed by atoms with van der Waals surface area (Å²) in [5, 5.41) is 0. The van der Waals surface area contributed by atoms with Crippen molar-refractivity contribution in [3.63, 3.8) is 0 Å². The van der Waals surface area contributed by atoms with E-state index in [1.54, 1.807) is 12.3 Å². The van der Waals surface area contributed by atoms with Gasteiger partial charge in [-0.15, -0.1) is 0 Å². The summed E-state index contributed by atoms with van der Waals surface area (Å²) in [5.41, 5.74) is 5.54. The van der Waals surface area contributed by atoms with Crippen molar-refractivity contribution in [1.82, 2.24) is 4.98 Å². The number of pyridine rings is 1. The molecule has 0 atom stereocenters. The highest BCUT2D eigenvalue weighted by Gasteiger charge is 2.21. The maximum atomic E-state index is 11.5. The van der Waals surface area contributed by atoms with Crippen LogP contribution >= 0.6 is 0 Å². The molecule has 24 heavy (non-hydrogen) atoms.